The van der Waals surface area contributed by atoms with E-state index >= 15 is 0 Å². The van der Waals surface area contributed by atoms with Gasteiger partial charge >= 0.3 is 0 Å². The van der Waals surface area contributed by atoms with Crippen LogP contribution >= 0.6 is 0 Å². The first-order valence-corrected chi connectivity index (χ1v) is 10.9. The lowest BCUT2D eigenvalue weighted by Crippen LogP contribution is -2.49. The zero-order chi connectivity index (χ0) is 23.2. The Morgan fingerprint density at radius 1 is 1.23 bits per heavy atom. The highest BCUT2D eigenvalue weighted by Gasteiger charge is 2.41. The van der Waals surface area contributed by atoms with E-state index < -0.39 is 29.9 Å². The maximum atomic E-state index is 14.6. The molecule has 1 aliphatic heterocycles. The van der Waals surface area contributed by atoms with Crippen LogP contribution in [-0.2, 0) is 19.8 Å². The highest BCUT2D eigenvalue weighted by molar-refractivity contribution is 5.98. The summed E-state index contributed by atoms with van der Waals surface area (Å²) >= 11 is 0. The molecular weight excluding hydrogens is 401 g/mol. The SMILES string of the molecule is CCCC[C@@H](C(=O)N1CCC[C@H]1C(=O)Nc1ccc(C(C)(C)C)cc1)[C@@H](F)C(=O)NO. The number of carbonyl (C=O) groups is 3. The molecule has 1 saturated heterocycles. The average Bonchev–Trinajstić information content (AvgIpc) is 3.23. The summed E-state index contributed by atoms with van der Waals surface area (Å²) in [4.78, 5) is 38.9. The number of unbranched alkanes of at least 4 members (excludes halogenated alkanes) is 1. The van der Waals surface area contributed by atoms with E-state index in [0.717, 1.165) is 12.0 Å². The van der Waals surface area contributed by atoms with E-state index in [1.165, 1.54) is 10.4 Å². The van der Waals surface area contributed by atoms with Gasteiger partial charge < -0.3 is 10.2 Å². The van der Waals surface area contributed by atoms with E-state index in [-0.39, 0.29) is 17.7 Å². The van der Waals surface area contributed by atoms with Crippen LogP contribution in [0.25, 0.3) is 0 Å². The van der Waals surface area contributed by atoms with Crippen molar-refractivity contribution in [2.75, 3.05) is 11.9 Å². The third-order valence-electron chi connectivity index (χ3n) is 5.76. The molecule has 31 heavy (non-hydrogen) atoms. The normalized spacial score (nSPS) is 18.4. The number of nitrogens with zero attached hydrogens (tertiary/aromatic N) is 1. The summed E-state index contributed by atoms with van der Waals surface area (Å²) in [5, 5.41) is 11.6. The number of nitrogens with one attached hydrogen (secondary N) is 2. The molecule has 8 heteroatoms. The molecule has 1 aliphatic rings. The quantitative estimate of drug-likeness (QED) is 0.429. The number of halogens is 1. The standard InChI is InChI=1S/C23H34FN3O4/c1-5-6-8-17(19(24)21(29)26-31)22(30)27-14-7-9-18(27)20(28)25-16-12-10-15(11-13-16)23(2,3)4/h10-13,17-19,31H,5-9,14H2,1-4H3,(H,25,28)(H,26,29)/t17-,18+,19-/m1/s1. The second kappa shape index (κ2) is 10.7. The fourth-order valence-corrected chi connectivity index (χ4v) is 3.86. The number of rotatable bonds is 8. The first-order valence-electron chi connectivity index (χ1n) is 10.9. The number of anilines is 1. The predicted molar refractivity (Wildman–Crippen MR) is 116 cm³/mol. The number of hydroxylamine groups is 1. The Labute approximate surface area is 183 Å². The summed E-state index contributed by atoms with van der Waals surface area (Å²) in [7, 11) is 0. The molecule has 3 atom stereocenters. The van der Waals surface area contributed by atoms with Gasteiger partial charge in [0.05, 0.1) is 5.92 Å². The van der Waals surface area contributed by atoms with Gasteiger partial charge in [-0.25, -0.2) is 9.87 Å². The molecular formula is C23H34FN3O4. The van der Waals surface area contributed by atoms with Crippen molar-refractivity contribution in [1.82, 2.24) is 10.4 Å². The van der Waals surface area contributed by atoms with Crippen LogP contribution in [0.4, 0.5) is 10.1 Å². The molecule has 0 aliphatic carbocycles. The van der Waals surface area contributed by atoms with Gasteiger partial charge in [0.15, 0.2) is 6.17 Å². The fraction of sp³-hybridized carbons (Fsp3) is 0.609. The number of hydrogen-bond donors (Lipinski definition) is 3. The van der Waals surface area contributed by atoms with Crippen LogP contribution in [0.1, 0.15) is 65.4 Å². The van der Waals surface area contributed by atoms with E-state index in [0.29, 0.717) is 31.5 Å². The smallest absolute Gasteiger partial charge is 0.278 e. The Balaban J connectivity index is 2.13. The topological polar surface area (TPSA) is 98.7 Å². The minimum Gasteiger partial charge on any atom is -0.330 e. The summed E-state index contributed by atoms with van der Waals surface area (Å²) in [6, 6.07) is 6.84. The molecule has 1 aromatic rings. The fourth-order valence-electron chi connectivity index (χ4n) is 3.86. The molecule has 1 fully saturated rings. The van der Waals surface area contributed by atoms with Crippen molar-refractivity contribution < 1.29 is 24.0 Å². The molecule has 0 aromatic heterocycles. The van der Waals surface area contributed by atoms with Gasteiger partial charge in [-0.2, -0.15) is 0 Å². The van der Waals surface area contributed by atoms with Crippen LogP contribution in [0.2, 0.25) is 0 Å². The third kappa shape index (κ3) is 6.26. The first kappa shape index (κ1) is 24.8. The lowest BCUT2D eigenvalue weighted by Gasteiger charge is -2.29. The second-order valence-electron chi connectivity index (χ2n) is 9.13. The average molecular weight is 436 g/mol. The van der Waals surface area contributed by atoms with E-state index in [2.05, 4.69) is 26.1 Å². The Morgan fingerprint density at radius 2 is 1.87 bits per heavy atom. The van der Waals surface area contributed by atoms with Gasteiger partial charge in [-0.05, 0) is 42.4 Å². The van der Waals surface area contributed by atoms with Crippen molar-refractivity contribution in [3.05, 3.63) is 29.8 Å². The minimum atomic E-state index is -2.17. The monoisotopic (exact) mass is 435 g/mol. The maximum absolute atomic E-state index is 14.6. The van der Waals surface area contributed by atoms with Gasteiger partial charge in [0.1, 0.15) is 6.04 Å². The Bertz CT molecular complexity index is 776. The minimum absolute atomic E-state index is 0.00548. The van der Waals surface area contributed by atoms with Crippen molar-refractivity contribution >= 4 is 23.4 Å². The van der Waals surface area contributed by atoms with Crippen molar-refractivity contribution in [2.45, 2.75) is 77.4 Å². The summed E-state index contributed by atoms with van der Waals surface area (Å²) < 4.78 is 14.6. The number of carbonyl (C=O) groups excluding carboxylic acids is 3. The van der Waals surface area contributed by atoms with Crippen LogP contribution in [0, 0.1) is 5.92 Å². The largest absolute Gasteiger partial charge is 0.330 e. The molecule has 0 saturated carbocycles. The van der Waals surface area contributed by atoms with Crippen LogP contribution in [-0.4, -0.2) is 46.6 Å². The van der Waals surface area contributed by atoms with Crippen LogP contribution in [0.5, 0.6) is 0 Å². The predicted octanol–water partition coefficient (Wildman–Crippen LogP) is 3.56. The molecule has 3 N–H and O–H groups in total. The molecule has 2 rings (SSSR count). The number of likely N-dealkylation sites (tertiary alicyclic amines) is 1. The summed E-state index contributed by atoms with van der Waals surface area (Å²) in [6.07, 6.45) is 0.380. The lowest BCUT2D eigenvalue weighted by atomic mass is 9.87. The highest BCUT2D eigenvalue weighted by Crippen LogP contribution is 2.27. The van der Waals surface area contributed by atoms with Crippen molar-refractivity contribution in [1.29, 1.82) is 0 Å². The second-order valence-corrected chi connectivity index (χ2v) is 9.13. The van der Waals surface area contributed by atoms with Gasteiger partial charge in [0.25, 0.3) is 5.91 Å². The molecule has 0 radical (unpaired) electrons. The van der Waals surface area contributed by atoms with Crippen molar-refractivity contribution in [2.24, 2.45) is 5.92 Å². The Morgan fingerprint density at radius 3 is 2.42 bits per heavy atom. The van der Waals surface area contributed by atoms with Crippen LogP contribution < -0.4 is 10.8 Å². The molecule has 0 bridgehead atoms. The molecule has 7 nitrogen and oxygen atoms in total. The number of amides is 3. The van der Waals surface area contributed by atoms with E-state index in [4.69, 9.17) is 5.21 Å². The molecule has 0 unspecified atom stereocenters. The van der Waals surface area contributed by atoms with Crippen molar-refractivity contribution in [3.63, 3.8) is 0 Å². The maximum Gasteiger partial charge on any atom is 0.278 e. The molecule has 1 aromatic carbocycles. The zero-order valence-corrected chi connectivity index (χ0v) is 18.8. The van der Waals surface area contributed by atoms with Gasteiger partial charge in [0.2, 0.25) is 11.8 Å². The van der Waals surface area contributed by atoms with Gasteiger partial charge in [0, 0.05) is 12.2 Å². The molecule has 172 valence electrons. The third-order valence-corrected chi connectivity index (χ3v) is 5.76. The van der Waals surface area contributed by atoms with Crippen molar-refractivity contribution in [3.8, 4) is 0 Å². The van der Waals surface area contributed by atoms with Crippen LogP contribution in [0.3, 0.4) is 0 Å². The van der Waals surface area contributed by atoms with E-state index in [1.54, 1.807) is 0 Å². The molecule has 0 spiro atoms. The number of hydrogen-bond acceptors (Lipinski definition) is 4. The van der Waals surface area contributed by atoms with Crippen LogP contribution in [0.15, 0.2) is 24.3 Å². The van der Waals surface area contributed by atoms with Gasteiger partial charge in [-0.1, -0.05) is 52.7 Å². The lowest BCUT2D eigenvalue weighted by molar-refractivity contribution is -0.148. The summed E-state index contributed by atoms with van der Waals surface area (Å²) in [6.45, 7) is 8.54. The Hall–Kier alpha value is -2.48. The number of benzene rings is 1. The summed E-state index contributed by atoms with van der Waals surface area (Å²) in [5.41, 5.74) is 3.04. The Kier molecular flexibility index (Phi) is 8.56. The van der Waals surface area contributed by atoms with Gasteiger partial charge in [-0.3, -0.25) is 19.6 Å². The molecule has 3 amide bonds. The van der Waals surface area contributed by atoms with Gasteiger partial charge in [-0.15, -0.1) is 0 Å². The first-order chi connectivity index (χ1) is 14.6. The number of alkyl halides is 1. The zero-order valence-electron chi connectivity index (χ0n) is 18.8. The summed E-state index contributed by atoms with van der Waals surface area (Å²) in [5.74, 6) is -3.36. The van der Waals surface area contributed by atoms with E-state index in [1.807, 2.05) is 31.2 Å². The van der Waals surface area contributed by atoms with E-state index in [9.17, 15) is 18.8 Å². The molecule has 1 heterocycles. The highest BCUT2D eigenvalue weighted by atomic mass is 19.1.